The van der Waals surface area contributed by atoms with Crippen LogP contribution in [-0.4, -0.2) is 5.91 Å². The summed E-state index contributed by atoms with van der Waals surface area (Å²) in [5.74, 6) is -0.315. The molecule has 1 amide bonds. The van der Waals surface area contributed by atoms with Gasteiger partial charge in [0, 0.05) is 14.6 Å². The average Bonchev–Trinajstić information content (AvgIpc) is 2.37. The Labute approximate surface area is 132 Å². The standard InChI is InChI=1S/C13H9Br2ClN2O/c14-9-2-1-3-10(15)12(9)18-13(19)8-6-7(17)4-5-11(8)16/h1-6H,17H2,(H,18,19). The molecule has 0 unspecified atom stereocenters. The van der Waals surface area contributed by atoms with Crippen LogP contribution in [0.1, 0.15) is 10.4 Å². The van der Waals surface area contributed by atoms with Crippen molar-refractivity contribution in [2.45, 2.75) is 0 Å². The molecule has 3 nitrogen and oxygen atoms in total. The third-order valence-corrected chi connectivity index (χ3v) is 4.09. The van der Waals surface area contributed by atoms with Gasteiger partial charge in [-0.3, -0.25) is 4.79 Å². The van der Waals surface area contributed by atoms with Gasteiger partial charge in [-0.2, -0.15) is 0 Å². The highest BCUT2D eigenvalue weighted by Crippen LogP contribution is 2.31. The number of hydrogen-bond acceptors (Lipinski definition) is 2. The second-order valence-electron chi connectivity index (χ2n) is 3.79. The average molecular weight is 404 g/mol. The summed E-state index contributed by atoms with van der Waals surface area (Å²) in [6, 6.07) is 10.3. The van der Waals surface area contributed by atoms with Crippen molar-refractivity contribution in [3.05, 3.63) is 55.9 Å². The van der Waals surface area contributed by atoms with Gasteiger partial charge in [0.25, 0.3) is 5.91 Å². The lowest BCUT2D eigenvalue weighted by Crippen LogP contribution is -2.13. The van der Waals surface area contributed by atoms with E-state index in [1.54, 1.807) is 18.2 Å². The summed E-state index contributed by atoms with van der Waals surface area (Å²) in [5, 5.41) is 3.15. The molecule has 19 heavy (non-hydrogen) atoms. The Morgan fingerprint density at radius 2 is 1.79 bits per heavy atom. The minimum Gasteiger partial charge on any atom is -0.399 e. The highest BCUT2D eigenvalue weighted by atomic mass is 79.9. The molecule has 3 N–H and O–H groups in total. The molecule has 2 aromatic carbocycles. The fourth-order valence-electron chi connectivity index (χ4n) is 1.51. The Kier molecular flexibility index (Phi) is 4.50. The molecular formula is C13H9Br2ClN2O. The fraction of sp³-hybridized carbons (Fsp3) is 0. The molecule has 0 spiro atoms. The van der Waals surface area contributed by atoms with E-state index < -0.39 is 0 Å². The molecule has 2 rings (SSSR count). The Hall–Kier alpha value is -1.04. The number of para-hydroxylation sites is 1. The van der Waals surface area contributed by atoms with Crippen molar-refractivity contribution < 1.29 is 4.79 Å². The normalized spacial score (nSPS) is 10.3. The SMILES string of the molecule is Nc1ccc(Cl)c(C(=O)Nc2c(Br)cccc2Br)c1. The van der Waals surface area contributed by atoms with E-state index in [1.165, 1.54) is 0 Å². The van der Waals surface area contributed by atoms with E-state index in [0.29, 0.717) is 22.0 Å². The van der Waals surface area contributed by atoms with Gasteiger partial charge in [-0.1, -0.05) is 17.7 Å². The van der Waals surface area contributed by atoms with Gasteiger partial charge in [-0.25, -0.2) is 0 Å². The zero-order chi connectivity index (χ0) is 14.0. The Morgan fingerprint density at radius 1 is 1.16 bits per heavy atom. The maximum atomic E-state index is 12.2. The topological polar surface area (TPSA) is 55.1 Å². The molecule has 2 aromatic rings. The van der Waals surface area contributed by atoms with Gasteiger partial charge in [-0.15, -0.1) is 0 Å². The number of anilines is 2. The van der Waals surface area contributed by atoms with Gasteiger partial charge in [0.1, 0.15) is 0 Å². The van der Waals surface area contributed by atoms with Crippen LogP contribution in [0.4, 0.5) is 11.4 Å². The van der Waals surface area contributed by atoms with E-state index >= 15 is 0 Å². The van der Waals surface area contributed by atoms with E-state index in [1.807, 2.05) is 18.2 Å². The monoisotopic (exact) mass is 402 g/mol. The summed E-state index contributed by atoms with van der Waals surface area (Å²) in [7, 11) is 0. The lowest BCUT2D eigenvalue weighted by molar-refractivity contribution is 0.102. The number of nitrogen functional groups attached to an aromatic ring is 1. The number of carbonyl (C=O) groups excluding carboxylic acids is 1. The van der Waals surface area contributed by atoms with Gasteiger partial charge in [-0.05, 0) is 62.2 Å². The molecule has 0 aromatic heterocycles. The molecule has 0 saturated heterocycles. The van der Waals surface area contributed by atoms with E-state index in [9.17, 15) is 4.79 Å². The first-order valence-electron chi connectivity index (χ1n) is 5.29. The molecule has 0 heterocycles. The zero-order valence-electron chi connectivity index (χ0n) is 9.58. The van der Waals surface area contributed by atoms with Crippen molar-refractivity contribution in [3.8, 4) is 0 Å². The molecule has 0 saturated carbocycles. The molecule has 0 atom stereocenters. The predicted molar refractivity (Wildman–Crippen MR) is 85.7 cm³/mol. The summed E-state index contributed by atoms with van der Waals surface area (Å²) in [6.45, 7) is 0. The van der Waals surface area contributed by atoms with Gasteiger partial charge in [0.15, 0.2) is 0 Å². The second-order valence-corrected chi connectivity index (χ2v) is 5.91. The van der Waals surface area contributed by atoms with Crippen LogP contribution in [0, 0.1) is 0 Å². The van der Waals surface area contributed by atoms with E-state index in [4.69, 9.17) is 17.3 Å². The van der Waals surface area contributed by atoms with Crippen LogP contribution >= 0.6 is 43.5 Å². The van der Waals surface area contributed by atoms with Gasteiger partial charge in [0.05, 0.1) is 16.3 Å². The van der Waals surface area contributed by atoms with Gasteiger partial charge in [0.2, 0.25) is 0 Å². The molecule has 98 valence electrons. The van der Waals surface area contributed by atoms with E-state index in [0.717, 1.165) is 8.95 Å². The highest BCUT2D eigenvalue weighted by Gasteiger charge is 2.14. The number of amides is 1. The first-order chi connectivity index (χ1) is 8.99. The number of hydrogen-bond donors (Lipinski definition) is 2. The molecule has 0 radical (unpaired) electrons. The Balaban J connectivity index is 2.34. The first-order valence-corrected chi connectivity index (χ1v) is 7.26. The quantitative estimate of drug-likeness (QED) is 0.713. The van der Waals surface area contributed by atoms with Crippen LogP contribution in [0.3, 0.4) is 0 Å². The zero-order valence-corrected chi connectivity index (χ0v) is 13.5. The molecule has 0 aliphatic rings. The number of nitrogens with one attached hydrogen (secondary N) is 1. The minimum atomic E-state index is -0.315. The van der Waals surface area contributed by atoms with Gasteiger partial charge >= 0.3 is 0 Å². The molecule has 6 heteroatoms. The summed E-state index contributed by atoms with van der Waals surface area (Å²) >= 11 is 12.8. The van der Waals surface area contributed by atoms with Crippen molar-refractivity contribution in [3.63, 3.8) is 0 Å². The Morgan fingerprint density at radius 3 is 2.42 bits per heavy atom. The maximum absolute atomic E-state index is 12.2. The van der Waals surface area contributed by atoms with Crippen molar-refractivity contribution in [2.75, 3.05) is 11.1 Å². The fourth-order valence-corrected chi connectivity index (χ4v) is 2.92. The predicted octanol–water partition coefficient (Wildman–Crippen LogP) is 4.70. The highest BCUT2D eigenvalue weighted by molar-refractivity contribution is 9.11. The lowest BCUT2D eigenvalue weighted by atomic mass is 10.2. The molecule has 0 bridgehead atoms. The number of rotatable bonds is 2. The summed E-state index contributed by atoms with van der Waals surface area (Å²) in [6.07, 6.45) is 0. The van der Waals surface area contributed by atoms with Crippen LogP contribution in [0.25, 0.3) is 0 Å². The third kappa shape index (κ3) is 3.29. The largest absolute Gasteiger partial charge is 0.399 e. The van der Waals surface area contributed by atoms with Gasteiger partial charge < -0.3 is 11.1 Å². The third-order valence-electron chi connectivity index (χ3n) is 2.44. The summed E-state index contributed by atoms with van der Waals surface area (Å²) in [4.78, 5) is 12.2. The van der Waals surface area contributed by atoms with E-state index in [-0.39, 0.29) is 5.91 Å². The van der Waals surface area contributed by atoms with Crippen molar-refractivity contribution in [1.29, 1.82) is 0 Å². The van der Waals surface area contributed by atoms with E-state index in [2.05, 4.69) is 37.2 Å². The maximum Gasteiger partial charge on any atom is 0.257 e. The molecule has 0 fully saturated rings. The van der Waals surface area contributed by atoms with Crippen molar-refractivity contribution in [2.24, 2.45) is 0 Å². The first kappa shape index (κ1) is 14.4. The smallest absolute Gasteiger partial charge is 0.257 e. The van der Waals surface area contributed by atoms with Crippen LogP contribution in [-0.2, 0) is 0 Å². The molecule has 0 aliphatic heterocycles. The summed E-state index contributed by atoms with van der Waals surface area (Å²) in [5.41, 5.74) is 7.13. The van der Waals surface area contributed by atoms with Crippen LogP contribution in [0.5, 0.6) is 0 Å². The molecular weight excluding hydrogens is 395 g/mol. The number of benzene rings is 2. The molecule has 0 aliphatic carbocycles. The summed E-state index contributed by atoms with van der Waals surface area (Å²) < 4.78 is 1.55. The van der Waals surface area contributed by atoms with Crippen LogP contribution in [0.15, 0.2) is 45.3 Å². The number of halogens is 3. The van der Waals surface area contributed by atoms with Crippen molar-refractivity contribution >= 4 is 60.7 Å². The number of nitrogens with two attached hydrogens (primary N) is 1. The van der Waals surface area contributed by atoms with Crippen molar-refractivity contribution in [1.82, 2.24) is 0 Å². The van der Waals surface area contributed by atoms with Crippen LogP contribution < -0.4 is 11.1 Å². The number of carbonyl (C=O) groups is 1. The lowest BCUT2D eigenvalue weighted by Gasteiger charge is -2.10. The van der Waals surface area contributed by atoms with Crippen LogP contribution in [0.2, 0.25) is 5.02 Å². The second kappa shape index (κ2) is 5.94. The minimum absolute atomic E-state index is 0.315. The Bertz CT molecular complexity index is 626.